The average molecular weight is 278 g/mol. The molecular formula is C12H17Cl2NO2. The highest BCUT2D eigenvalue weighted by molar-refractivity contribution is 6.31. The third-order valence-corrected chi connectivity index (χ3v) is 2.94. The van der Waals surface area contributed by atoms with Crippen molar-refractivity contribution in [2.24, 2.45) is 0 Å². The smallest absolute Gasteiger partial charge is 0.335 e. The number of carboxylic acids is 1. The number of hydrogen-bond donors (Lipinski definition) is 1. The summed E-state index contributed by atoms with van der Waals surface area (Å²) in [4.78, 5) is 13.0. The lowest BCUT2D eigenvalue weighted by molar-refractivity contribution is 0.0697. The zero-order valence-electron chi connectivity index (χ0n) is 9.94. The SMILES string of the molecule is CCN(CC)Cc1ccc(C(=O)O)cc1Cl.Cl. The molecule has 1 N–H and O–H groups in total. The molecule has 17 heavy (non-hydrogen) atoms. The molecule has 0 atom stereocenters. The molecule has 0 saturated heterocycles. The Hall–Kier alpha value is -0.770. The van der Waals surface area contributed by atoms with Crippen LogP contribution in [-0.2, 0) is 6.54 Å². The molecule has 0 heterocycles. The van der Waals surface area contributed by atoms with E-state index in [4.69, 9.17) is 16.7 Å². The molecule has 0 aliphatic heterocycles. The molecule has 0 spiro atoms. The molecule has 0 saturated carbocycles. The zero-order valence-corrected chi connectivity index (χ0v) is 11.5. The van der Waals surface area contributed by atoms with Gasteiger partial charge in [0.2, 0.25) is 0 Å². The largest absolute Gasteiger partial charge is 0.478 e. The number of hydrogen-bond acceptors (Lipinski definition) is 2. The molecule has 0 bridgehead atoms. The summed E-state index contributed by atoms with van der Waals surface area (Å²) in [7, 11) is 0. The molecule has 0 aliphatic carbocycles. The Balaban J connectivity index is 0.00000256. The highest BCUT2D eigenvalue weighted by atomic mass is 35.5. The van der Waals surface area contributed by atoms with Gasteiger partial charge in [-0.05, 0) is 30.8 Å². The summed E-state index contributed by atoms with van der Waals surface area (Å²) in [5, 5.41) is 9.33. The summed E-state index contributed by atoms with van der Waals surface area (Å²) in [6, 6.07) is 4.87. The Morgan fingerprint density at radius 3 is 2.35 bits per heavy atom. The highest BCUT2D eigenvalue weighted by Crippen LogP contribution is 2.19. The second kappa shape index (κ2) is 7.54. The number of benzene rings is 1. The van der Waals surface area contributed by atoms with Crippen LogP contribution >= 0.6 is 24.0 Å². The third-order valence-electron chi connectivity index (χ3n) is 2.59. The van der Waals surface area contributed by atoms with Crippen molar-refractivity contribution in [1.82, 2.24) is 4.90 Å². The van der Waals surface area contributed by atoms with E-state index in [1.54, 1.807) is 12.1 Å². The van der Waals surface area contributed by atoms with Crippen LogP contribution in [0.2, 0.25) is 5.02 Å². The molecular weight excluding hydrogens is 261 g/mol. The number of carboxylic acid groups (broad SMARTS) is 1. The van der Waals surface area contributed by atoms with Crippen molar-refractivity contribution in [3.05, 3.63) is 34.3 Å². The second-order valence-electron chi connectivity index (χ2n) is 3.57. The summed E-state index contributed by atoms with van der Waals surface area (Å²) in [5.74, 6) is -0.948. The maximum absolute atomic E-state index is 10.7. The predicted octanol–water partition coefficient (Wildman–Crippen LogP) is 3.30. The maximum Gasteiger partial charge on any atom is 0.335 e. The van der Waals surface area contributed by atoms with Crippen LogP contribution in [0.15, 0.2) is 18.2 Å². The normalized spacial score (nSPS) is 10.1. The zero-order chi connectivity index (χ0) is 12.1. The van der Waals surface area contributed by atoms with Gasteiger partial charge in [0.05, 0.1) is 5.56 Å². The van der Waals surface area contributed by atoms with Crippen molar-refractivity contribution < 1.29 is 9.90 Å². The number of carbonyl (C=O) groups is 1. The molecule has 1 aromatic rings. The van der Waals surface area contributed by atoms with Crippen LogP contribution in [0.1, 0.15) is 29.8 Å². The minimum atomic E-state index is -0.948. The molecule has 0 unspecified atom stereocenters. The van der Waals surface area contributed by atoms with Crippen LogP contribution < -0.4 is 0 Å². The lowest BCUT2D eigenvalue weighted by Gasteiger charge is -2.18. The molecule has 1 aromatic carbocycles. The van der Waals surface area contributed by atoms with Gasteiger partial charge in [-0.15, -0.1) is 12.4 Å². The van der Waals surface area contributed by atoms with Crippen molar-refractivity contribution in [3.63, 3.8) is 0 Å². The van der Waals surface area contributed by atoms with Gasteiger partial charge in [0.1, 0.15) is 0 Å². The van der Waals surface area contributed by atoms with Gasteiger partial charge < -0.3 is 5.11 Å². The van der Waals surface area contributed by atoms with Crippen LogP contribution in [0.4, 0.5) is 0 Å². The average Bonchev–Trinajstić information content (AvgIpc) is 2.27. The Morgan fingerprint density at radius 1 is 1.35 bits per heavy atom. The van der Waals surface area contributed by atoms with E-state index < -0.39 is 5.97 Å². The first-order valence-corrected chi connectivity index (χ1v) is 5.70. The third kappa shape index (κ3) is 4.54. The van der Waals surface area contributed by atoms with E-state index >= 15 is 0 Å². The van der Waals surface area contributed by atoms with Gasteiger partial charge in [0.15, 0.2) is 0 Å². The Kier molecular flexibility index (Phi) is 7.19. The fraction of sp³-hybridized carbons (Fsp3) is 0.417. The first-order valence-electron chi connectivity index (χ1n) is 5.32. The molecule has 5 heteroatoms. The van der Waals surface area contributed by atoms with Gasteiger partial charge in [-0.3, -0.25) is 4.90 Å². The molecule has 0 radical (unpaired) electrons. The summed E-state index contributed by atoms with van der Waals surface area (Å²) in [5.41, 5.74) is 1.20. The van der Waals surface area contributed by atoms with Crippen LogP contribution in [0.25, 0.3) is 0 Å². The van der Waals surface area contributed by atoms with Gasteiger partial charge in [-0.25, -0.2) is 4.79 Å². The van der Waals surface area contributed by atoms with Gasteiger partial charge in [0, 0.05) is 11.6 Å². The molecule has 96 valence electrons. The van der Waals surface area contributed by atoms with Crippen LogP contribution in [0, 0.1) is 0 Å². The van der Waals surface area contributed by atoms with E-state index in [2.05, 4.69) is 18.7 Å². The minimum Gasteiger partial charge on any atom is -0.478 e. The molecule has 0 aromatic heterocycles. The van der Waals surface area contributed by atoms with Gasteiger partial charge in [-0.1, -0.05) is 31.5 Å². The van der Waals surface area contributed by atoms with Gasteiger partial charge >= 0.3 is 5.97 Å². The second-order valence-corrected chi connectivity index (χ2v) is 3.98. The Bertz CT molecular complexity index is 379. The summed E-state index contributed by atoms with van der Waals surface area (Å²) in [6.07, 6.45) is 0. The van der Waals surface area contributed by atoms with Gasteiger partial charge in [-0.2, -0.15) is 0 Å². The van der Waals surface area contributed by atoms with E-state index in [-0.39, 0.29) is 18.0 Å². The fourth-order valence-corrected chi connectivity index (χ4v) is 1.74. The van der Waals surface area contributed by atoms with Crippen LogP contribution in [0.3, 0.4) is 0 Å². The summed E-state index contributed by atoms with van der Waals surface area (Å²) in [6.45, 7) is 6.83. The van der Waals surface area contributed by atoms with Crippen LogP contribution in [-0.4, -0.2) is 29.1 Å². The molecule has 0 amide bonds. The van der Waals surface area contributed by atoms with Gasteiger partial charge in [0.25, 0.3) is 0 Å². The monoisotopic (exact) mass is 277 g/mol. The lowest BCUT2D eigenvalue weighted by Crippen LogP contribution is -2.22. The summed E-state index contributed by atoms with van der Waals surface area (Å²) < 4.78 is 0. The van der Waals surface area contributed by atoms with Crippen molar-refractivity contribution in [3.8, 4) is 0 Å². The lowest BCUT2D eigenvalue weighted by atomic mass is 10.1. The quantitative estimate of drug-likeness (QED) is 0.898. The first-order chi connectivity index (χ1) is 7.58. The number of rotatable bonds is 5. The molecule has 0 fully saturated rings. The van der Waals surface area contributed by atoms with E-state index in [0.29, 0.717) is 5.02 Å². The molecule has 0 aliphatic rings. The molecule has 1 rings (SSSR count). The van der Waals surface area contributed by atoms with Crippen molar-refractivity contribution in [1.29, 1.82) is 0 Å². The van der Waals surface area contributed by atoms with Crippen LogP contribution in [0.5, 0.6) is 0 Å². The van der Waals surface area contributed by atoms with E-state index in [1.807, 2.05) is 0 Å². The Labute approximate surface area is 113 Å². The predicted molar refractivity (Wildman–Crippen MR) is 72.3 cm³/mol. The van der Waals surface area contributed by atoms with Crippen molar-refractivity contribution in [2.45, 2.75) is 20.4 Å². The summed E-state index contributed by atoms with van der Waals surface area (Å²) >= 11 is 6.04. The van der Waals surface area contributed by atoms with E-state index in [0.717, 1.165) is 25.2 Å². The standard InChI is InChI=1S/C12H16ClNO2.ClH/c1-3-14(4-2)8-10-6-5-9(12(15)16)7-11(10)13;/h5-7H,3-4,8H2,1-2H3,(H,15,16);1H. The van der Waals surface area contributed by atoms with E-state index in [1.165, 1.54) is 6.07 Å². The Morgan fingerprint density at radius 2 is 1.94 bits per heavy atom. The maximum atomic E-state index is 10.7. The van der Waals surface area contributed by atoms with Crippen molar-refractivity contribution in [2.75, 3.05) is 13.1 Å². The number of halogens is 2. The minimum absolute atomic E-state index is 0. The fourth-order valence-electron chi connectivity index (χ4n) is 1.50. The topological polar surface area (TPSA) is 40.5 Å². The van der Waals surface area contributed by atoms with Crippen molar-refractivity contribution >= 4 is 30.0 Å². The molecule has 3 nitrogen and oxygen atoms in total. The van der Waals surface area contributed by atoms with E-state index in [9.17, 15) is 4.79 Å². The number of nitrogens with zero attached hydrogens (tertiary/aromatic N) is 1. The first kappa shape index (κ1) is 16.2. The highest BCUT2D eigenvalue weighted by Gasteiger charge is 2.09. The number of aromatic carboxylic acids is 1.